The lowest BCUT2D eigenvalue weighted by atomic mass is 9.93. The minimum absolute atomic E-state index is 0.191. The number of pyridine rings is 1. The van der Waals surface area contributed by atoms with Gasteiger partial charge >= 0.3 is 0 Å². The number of rotatable bonds is 6. The molecule has 9 heteroatoms. The lowest BCUT2D eigenvalue weighted by Gasteiger charge is -2.26. The Labute approximate surface area is 193 Å². The highest BCUT2D eigenvalue weighted by atomic mass is 35.5. The molecule has 7 nitrogen and oxygen atoms in total. The van der Waals surface area contributed by atoms with E-state index in [1.54, 1.807) is 19.5 Å². The molecule has 0 spiro atoms. The van der Waals surface area contributed by atoms with Gasteiger partial charge in [-0.1, -0.05) is 23.7 Å². The van der Waals surface area contributed by atoms with Crippen molar-refractivity contribution in [2.24, 2.45) is 0 Å². The Morgan fingerprint density at radius 3 is 2.50 bits per heavy atom. The maximum absolute atomic E-state index is 12.7. The molecule has 2 aromatic heterocycles. The van der Waals surface area contributed by atoms with Crippen molar-refractivity contribution >= 4 is 46.9 Å². The summed E-state index contributed by atoms with van der Waals surface area (Å²) in [5.41, 5.74) is 3.35. The van der Waals surface area contributed by atoms with E-state index < -0.39 is 7.14 Å². The van der Waals surface area contributed by atoms with Crippen LogP contribution >= 0.6 is 18.7 Å². The third-order valence-electron chi connectivity index (χ3n) is 5.93. The maximum atomic E-state index is 12.7. The summed E-state index contributed by atoms with van der Waals surface area (Å²) >= 11 is 6.41. The molecule has 0 bridgehead atoms. The molecule has 0 saturated heterocycles. The Hall–Kier alpha value is -2.34. The first kappa shape index (κ1) is 22.8. The fraction of sp³-hybridized carbons (Fsp3) is 0.391. The molecule has 1 aromatic carbocycles. The zero-order chi connectivity index (χ0) is 22.9. The second kappa shape index (κ2) is 9.26. The number of benzene rings is 1. The quantitative estimate of drug-likeness (QED) is 0.412. The van der Waals surface area contributed by atoms with Gasteiger partial charge < -0.3 is 20.3 Å². The van der Waals surface area contributed by atoms with E-state index in [4.69, 9.17) is 11.6 Å². The minimum atomic E-state index is -2.46. The van der Waals surface area contributed by atoms with Crippen molar-refractivity contribution in [2.75, 3.05) is 24.0 Å². The molecular formula is C23H29ClN5O2P. The SMILES string of the molecule is Cc1c(Nc2cc(Nc3ccccc3P(C)(C)=O)c(Cl)cn2)cnn1C1CCC(O)CC1. The van der Waals surface area contributed by atoms with Gasteiger partial charge in [0, 0.05) is 17.1 Å². The van der Waals surface area contributed by atoms with Crippen LogP contribution in [0.15, 0.2) is 42.7 Å². The molecular weight excluding hydrogens is 445 g/mol. The number of hydrogen-bond donors (Lipinski definition) is 3. The molecule has 3 aromatic rings. The maximum Gasteiger partial charge on any atom is 0.132 e. The first-order chi connectivity index (χ1) is 15.2. The number of aliphatic hydroxyl groups is 1. The minimum Gasteiger partial charge on any atom is -0.393 e. The third kappa shape index (κ3) is 5.01. The number of aromatic nitrogens is 3. The summed E-state index contributed by atoms with van der Waals surface area (Å²) in [6.07, 6.45) is 6.68. The highest BCUT2D eigenvalue weighted by Crippen LogP contribution is 2.39. The molecule has 170 valence electrons. The van der Waals surface area contributed by atoms with Crippen LogP contribution in [0.2, 0.25) is 5.02 Å². The molecule has 3 N–H and O–H groups in total. The van der Waals surface area contributed by atoms with E-state index in [1.165, 1.54) is 0 Å². The molecule has 0 atom stereocenters. The van der Waals surface area contributed by atoms with Crippen LogP contribution < -0.4 is 15.9 Å². The third-order valence-corrected chi connectivity index (χ3v) is 7.78. The summed E-state index contributed by atoms with van der Waals surface area (Å²) in [6, 6.07) is 9.70. The molecule has 1 aliphatic carbocycles. The lowest BCUT2D eigenvalue weighted by Crippen LogP contribution is -2.22. The first-order valence-electron chi connectivity index (χ1n) is 10.8. The van der Waals surface area contributed by atoms with E-state index in [-0.39, 0.29) is 6.10 Å². The van der Waals surface area contributed by atoms with Gasteiger partial charge in [-0.2, -0.15) is 5.10 Å². The van der Waals surface area contributed by atoms with Crippen molar-refractivity contribution in [3.63, 3.8) is 0 Å². The van der Waals surface area contributed by atoms with E-state index >= 15 is 0 Å². The molecule has 1 fully saturated rings. The van der Waals surface area contributed by atoms with Gasteiger partial charge in [0.05, 0.1) is 46.6 Å². The van der Waals surface area contributed by atoms with Gasteiger partial charge in [-0.05, 0) is 58.1 Å². The average molecular weight is 474 g/mol. The highest BCUT2D eigenvalue weighted by molar-refractivity contribution is 7.70. The zero-order valence-corrected chi connectivity index (χ0v) is 20.2. The molecule has 0 aliphatic heterocycles. The van der Waals surface area contributed by atoms with Crippen LogP contribution in [0.3, 0.4) is 0 Å². The molecule has 0 amide bonds. The largest absolute Gasteiger partial charge is 0.393 e. The van der Waals surface area contributed by atoms with Crippen LogP contribution in [0, 0.1) is 6.92 Å². The number of halogens is 1. The van der Waals surface area contributed by atoms with Gasteiger partial charge in [0.1, 0.15) is 13.0 Å². The molecule has 32 heavy (non-hydrogen) atoms. The Morgan fingerprint density at radius 2 is 1.78 bits per heavy atom. The molecule has 1 aliphatic rings. The number of aliphatic hydroxyl groups excluding tert-OH is 1. The second-order valence-corrected chi connectivity index (χ2v) is 12.3. The van der Waals surface area contributed by atoms with Crippen molar-refractivity contribution < 1.29 is 9.67 Å². The average Bonchev–Trinajstić information content (AvgIpc) is 3.11. The van der Waals surface area contributed by atoms with Crippen molar-refractivity contribution in [1.82, 2.24) is 14.8 Å². The normalized spacial score (nSPS) is 19.0. The van der Waals surface area contributed by atoms with Gasteiger partial charge in [-0.25, -0.2) is 4.98 Å². The van der Waals surface area contributed by atoms with Crippen LogP contribution in [-0.2, 0) is 4.57 Å². The fourth-order valence-electron chi connectivity index (χ4n) is 4.15. The van der Waals surface area contributed by atoms with Gasteiger partial charge in [-0.15, -0.1) is 0 Å². The molecule has 2 heterocycles. The summed E-state index contributed by atoms with van der Waals surface area (Å²) in [7, 11) is -2.46. The van der Waals surface area contributed by atoms with Gasteiger partial charge in [0.15, 0.2) is 0 Å². The monoisotopic (exact) mass is 473 g/mol. The van der Waals surface area contributed by atoms with Crippen LogP contribution in [0.1, 0.15) is 37.4 Å². The van der Waals surface area contributed by atoms with Crippen molar-refractivity contribution in [3.05, 3.63) is 53.4 Å². The summed E-state index contributed by atoms with van der Waals surface area (Å²) in [6.45, 7) is 5.54. The predicted octanol–water partition coefficient (Wildman–Crippen LogP) is 5.45. The Balaban J connectivity index is 1.55. The van der Waals surface area contributed by atoms with Gasteiger partial charge in [-0.3, -0.25) is 4.68 Å². The molecule has 0 unspecified atom stereocenters. The summed E-state index contributed by atoms with van der Waals surface area (Å²) in [5.74, 6) is 0.632. The summed E-state index contributed by atoms with van der Waals surface area (Å²) in [4.78, 5) is 4.41. The number of hydrogen-bond acceptors (Lipinski definition) is 6. The standard InChI is InChI=1S/C23H29ClN5O2P/c1-15-21(14-26-29(15)16-8-10-17(30)11-9-16)28-23-12-20(18(24)13-25-23)27-19-6-4-5-7-22(19)32(2,3)31/h4-7,12-14,16-17,30H,8-11H2,1-3H3,(H2,25,27,28). The summed E-state index contributed by atoms with van der Waals surface area (Å²) in [5, 5.41) is 22.3. The van der Waals surface area contributed by atoms with E-state index in [0.29, 0.717) is 22.6 Å². The number of nitrogens with one attached hydrogen (secondary N) is 2. The highest BCUT2D eigenvalue weighted by Gasteiger charge is 2.23. The van der Waals surface area contributed by atoms with Crippen molar-refractivity contribution in [1.29, 1.82) is 0 Å². The number of nitrogens with zero attached hydrogens (tertiary/aromatic N) is 3. The first-order valence-corrected chi connectivity index (χ1v) is 13.8. The zero-order valence-electron chi connectivity index (χ0n) is 18.5. The van der Waals surface area contributed by atoms with E-state index in [0.717, 1.165) is 48.1 Å². The van der Waals surface area contributed by atoms with Crippen LogP contribution in [0.4, 0.5) is 22.9 Å². The Bertz CT molecular complexity index is 1150. The van der Waals surface area contributed by atoms with Crippen LogP contribution in [0.25, 0.3) is 0 Å². The topological polar surface area (TPSA) is 92.1 Å². The van der Waals surface area contributed by atoms with E-state index in [1.807, 2.05) is 48.1 Å². The lowest BCUT2D eigenvalue weighted by molar-refractivity contribution is 0.107. The Kier molecular flexibility index (Phi) is 6.61. The Morgan fingerprint density at radius 1 is 1.06 bits per heavy atom. The molecule has 0 radical (unpaired) electrons. The summed E-state index contributed by atoms with van der Waals surface area (Å²) < 4.78 is 14.7. The van der Waals surface area contributed by atoms with Crippen LogP contribution in [0.5, 0.6) is 0 Å². The van der Waals surface area contributed by atoms with Gasteiger partial charge in [0.2, 0.25) is 0 Å². The molecule has 1 saturated carbocycles. The van der Waals surface area contributed by atoms with Crippen molar-refractivity contribution in [3.8, 4) is 0 Å². The van der Waals surface area contributed by atoms with E-state index in [2.05, 4.69) is 20.7 Å². The fourth-order valence-corrected chi connectivity index (χ4v) is 5.46. The number of para-hydroxylation sites is 1. The van der Waals surface area contributed by atoms with E-state index in [9.17, 15) is 9.67 Å². The second-order valence-electron chi connectivity index (χ2n) is 8.72. The molecule has 4 rings (SSSR count). The van der Waals surface area contributed by atoms with Gasteiger partial charge in [0.25, 0.3) is 0 Å². The number of anilines is 4. The predicted molar refractivity (Wildman–Crippen MR) is 132 cm³/mol. The smallest absolute Gasteiger partial charge is 0.132 e. The van der Waals surface area contributed by atoms with Crippen molar-refractivity contribution in [2.45, 2.75) is 44.8 Å². The van der Waals surface area contributed by atoms with Crippen LogP contribution in [-0.4, -0.2) is 39.3 Å².